The first kappa shape index (κ1) is 16.5. The molecule has 0 radical (unpaired) electrons. The highest BCUT2D eigenvalue weighted by Gasteiger charge is 2.19. The maximum Gasteiger partial charge on any atom is 0.219 e. The van der Waals surface area contributed by atoms with Crippen LogP contribution < -0.4 is 5.32 Å². The Kier molecular flexibility index (Phi) is 6.81. The molecule has 1 amide bonds. The first-order chi connectivity index (χ1) is 7.66. The number of rotatable bonds is 7. The van der Waals surface area contributed by atoms with Crippen LogP contribution in [-0.2, 0) is 4.79 Å². The van der Waals surface area contributed by atoms with Gasteiger partial charge in [-0.25, -0.2) is 0 Å². The number of amides is 1. The van der Waals surface area contributed by atoms with Gasteiger partial charge >= 0.3 is 0 Å². The Morgan fingerprint density at radius 1 is 1.00 bits per heavy atom. The minimum Gasteiger partial charge on any atom is -0.356 e. The highest BCUT2D eigenvalue weighted by molar-refractivity contribution is 5.75. The molecule has 102 valence electrons. The summed E-state index contributed by atoms with van der Waals surface area (Å²) in [5.74, 6) is 0.162. The van der Waals surface area contributed by atoms with Crippen molar-refractivity contribution in [3.63, 3.8) is 0 Å². The van der Waals surface area contributed by atoms with E-state index in [1.54, 1.807) is 0 Å². The van der Waals surface area contributed by atoms with Gasteiger partial charge in [-0.3, -0.25) is 4.79 Å². The summed E-state index contributed by atoms with van der Waals surface area (Å²) in [5, 5.41) is 2.96. The monoisotopic (exact) mass is 241 g/mol. The molecule has 1 N–H and O–H groups in total. The van der Waals surface area contributed by atoms with Gasteiger partial charge in [0.25, 0.3) is 0 Å². The molecule has 0 aliphatic heterocycles. The number of hydrogen-bond donors (Lipinski definition) is 1. The fourth-order valence-corrected chi connectivity index (χ4v) is 1.89. The molecule has 2 nitrogen and oxygen atoms in total. The van der Waals surface area contributed by atoms with Crippen LogP contribution in [0.25, 0.3) is 0 Å². The van der Waals surface area contributed by atoms with Crippen molar-refractivity contribution in [2.75, 3.05) is 6.54 Å². The van der Waals surface area contributed by atoms with Crippen molar-refractivity contribution in [2.45, 2.75) is 73.6 Å². The van der Waals surface area contributed by atoms with Gasteiger partial charge in [0.1, 0.15) is 0 Å². The summed E-state index contributed by atoms with van der Waals surface area (Å²) >= 11 is 0. The molecular formula is C15H31NO. The van der Waals surface area contributed by atoms with Gasteiger partial charge < -0.3 is 5.32 Å². The lowest BCUT2D eigenvalue weighted by Crippen LogP contribution is -2.27. The Labute approximate surface area is 108 Å². The topological polar surface area (TPSA) is 29.1 Å². The first-order valence-electron chi connectivity index (χ1n) is 6.93. The molecule has 17 heavy (non-hydrogen) atoms. The maximum atomic E-state index is 11.1. The Balaban J connectivity index is 3.76. The third kappa shape index (κ3) is 10.3. The molecule has 0 saturated carbocycles. The standard InChI is InChI=1S/C15H31NO/c1-7-13(17)16-12-11-15(5,6)10-8-9-14(2,3)4/h7-12H2,1-6H3,(H,16,17). The van der Waals surface area contributed by atoms with Crippen molar-refractivity contribution < 1.29 is 4.79 Å². The van der Waals surface area contributed by atoms with E-state index in [-0.39, 0.29) is 5.91 Å². The summed E-state index contributed by atoms with van der Waals surface area (Å²) in [5.41, 5.74) is 0.777. The zero-order chi connectivity index (χ0) is 13.5. The van der Waals surface area contributed by atoms with Gasteiger partial charge in [-0.2, -0.15) is 0 Å². The molecule has 0 bridgehead atoms. The average molecular weight is 241 g/mol. The van der Waals surface area contributed by atoms with Crippen molar-refractivity contribution in [1.29, 1.82) is 0 Å². The van der Waals surface area contributed by atoms with Crippen LogP contribution in [0.15, 0.2) is 0 Å². The van der Waals surface area contributed by atoms with Crippen LogP contribution in [0.5, 0.6) is 0 Å². The van der Waals surface area contributed by atoms with Crippen LogP contribution in [0.1, 0.15) is 73.6 Å². The smallest absolute Gasteiger partial charge is 0.219 e. The van der Waals surface area contributed by atoms with E-state index in [1.807, 2.05) is 6.92 Å². The molecule has 0 fully saturated rings. The van der Waals surface area contributed by atoms with Gasteiger partial charge in [-0.15, -0.1) is 0 Å². The first-order valence-corrected chi connectivity index (χ1v) is 6.93. The summed E-state index contributed by atoms with van der Waals surface area (Å²) in [6.45, 7) is 14.2. The quantitative estimate of drug-likeness (QED) is 0.713. The molecule has 0 saturated heterocycles. The summed E-state index contributed by atoms with van der Waals surface area (Å²) in [6, 6.07) is 0. The third-order valence-corrected chi connectivity index (χ3v) is 3.23. The Hall–Kier alpha value is -0.530. The zero-order valence-corrected chi connectivity index (χ0v) is 12.7. The fourth-order valence-electron chi connectivity index (χ4n) is 1.89. The fraction of sp³-hybridized carbons (Fsp3) is 0.933. The molecule has 0 spiro atoms. The van der Waals surface area contributed by atoms with Crippen molar-refractivity contribution in [1.82, 2.24) is 5.32 Å². The Morgan fingerprint density at radius 3 is 2.06 bits per heavy atom. The van der Waals surface area contributed by atoms with Crippen molar-refractivity contribution in [3.05, 3.63) is 0 Å². The summed E-state index contributed by atoms with van der Waals surface area (Å²) in [6.07, 6.45) is 5.45. The van der Waals surface area contributed by atoms with Crippen LogP contribution in [-0.4, -0.2) is 12.5 Å². The number of carbonyl (C=O) groups excluding carboxylic acids is 1. The molecule has 0 aliphatic rings. The van der Waals surface area contributed by atoms with Gasteiger partial charge in [-0.1, -0.05) is 48.0 Å². The van der Waals surface area contributed by atoms with Crippen LogP contribution in [0, 0.1) is 10.8 Å². The van der Waals surface area contributed by atoms with Crippen LogP contribution >= 0.6 is 0 Å². The molecular weight excluding hydrogens is 210 g/mol. The Morgan fingerprint density at radius 2 is 1.59 bits per heavy atom. The van der Waals surface area contributed by atoms with Crippen LogP contribution in [0.4, 0.5) is 0 Å². The highest BCUT2D eigenvalue weighted by atomic mass is 16.1. The van der Waals surface area contributed by atoms with Crippen molar-refractivity contribution >= 4 is 5.91 Å². The third-order valence-electron chi connectivity index (χ3n) is 3.23. The van der Waals surface area contributed by atoms with Gasteiger partial charge in [-0.05, 0) is 30.1 Å². The normalized spacial score (nSPS) is 12.6. The number of carbonyl (C=O) groups is 1. The van der Waals surface area contributed by atoms with E-state index in [1.165, 1.54) is 19.3 Å². The predicted molar refractivity (Wildman–Crippen MR) is 75.0 cm³/mol. The minimum absolute atomic E-state index is 0.162. The largest absolute Gasteiger partial charge is 0.356 e. The minimum atomic E-state index is 0.162. The maximum absolute atomic E-state index is 11.1. The molecule has 0 heterocycles. The van der Waals surface area contributed by atoms with Crippen LogP contribution in [0.2, 0.25) is 0 Å². The summed E-state index contributed by atoms with van der Waals surface area (Å²) in [7, 11) is 0. The molecule has 0 aromatic carbocycles. The van der Waals surface area contributed by atoms with E-state index < -0.39 is 0 Å². The van der Waals surface area contributed by atoms with E-state index in [2.05, 4.69) is 39.9 Å². The Bertz CT molecular complexity index is 226. The lowest BCUT2D eigenvalue weighted by atomic mass is 9.80. The average Bonchev–Trinajstić information content (AvgIpc) is 2.14. The predicted octanol–water partition coefficient (Wildman–Crippen LogP) is 4.15. The number of hydrogen-bond acceptors (Lipinski definition) is 1. The van der Waals surface area contributed by atoms with Crippen molar-refractivity contribution in [2.24, 2.45) is 10.8 Å². The lowest BCUT2D eigenvalue weighted by Gasteiger charge is -2.27. The van der Waals surface area contributed by atoms with E-state index in [0.29, 0.717) is 17.3 Å². The van der Waals surface area contributed by atoms with Gasteiger partial charge in [0.15, 0.2) is 0 Å². The molecule has 0 aromatic heterocycles. The van der Waals surface area contributed by atoms with Gasteiger partial charge in [0.05, 0.1) is 0 Å². The van der Waals surface area contributed by atoms with Gasteiger partial charge in [0, 0.05) is 13.0 Å². The second kappa shape index (κ2) is 7.03. The summed E-state index contributed by atoms with van der Waals surface area (Å²) < 4.78 is 0. The molecule has 0 unspecified atom stereocenters. The second-order valence-electron chi connectivity index (χ2n) is 7.03. The zero-order valence-electron chi connectivity index (χ0n) is 12.7. The highest BCUT2D eigenvalue weighted by Crippen LogP contribution is 2.30. The van der Waals surface area contributed by atoms with E-state index in [9.17, 15) is 4.79 Å². The molecule has 0 aliphatic carbocycles. The second-order valence-corrected chi connectivity index (χ2v) is 7.03. The molecule has 0 rings (SSSR count). The molecule has 2 heteroatoms. The van der Waals surface area contributed by atoms with E-state index in [4.69, 9.17) is 0 Å². The van der Waals surface area contributed by atoms with Crippen LogP contribution in [0.3, 0.4) is 0 Å². The SMILES string of the molecule is CCC(=O)NCCC(C)(C)CCCC(C)(C)C. The van der Waals surface area contributed by atoms with E-state index >= 15 is 0 Å². The summed E-state index contributed by atoms with van der Waals surface area (Å²) in [4.78, 5) is 11.1. The molecule has 0 atom stereocenters. The lowest BCUT2D eigenvalue weighted by molar-refractivity contribution is -0.120. The van der Waals surface area contributed by atoms with Crippen molar-refractivity contribution in [3.8, 4) is 0 Å². The molecule has 0 aromatic rings. The van der Waals surface area contributed by atoms with Gasteiger partial charge in [0.2, 0.25) is 5.91 Å². The van der Waals surface area contributed by atoms with E-state index in [0.717, 1.165) is 13.0 Å². The number of nitrogens with one attached hydrogen (secondary N) is 1.